The molecule has 0 amide bonds. The number of ether oxygens (including phenoxy) is 2. The Morgan fingerprint density at radius 1 is 0.881 bits per heavy atom. The van der Waals surface area contributed by atoms with Crippen molar-refractivity contribution in [2.75, 3.05) is 13.2 Å². The fourth-order valence-corrected chi connectivity index (χ4v) is 5.41. The Morgan fingerprint density at radius 2 is 1.57 bits per heavy atom. The molecule has 3 heterocycles. The van der Waals surface area contributed by atoms with Crippen LogP contribution in [0, 0.1) is 5.92 Å². The molecule has 0 fully saturated rings. The van der Waals surface area contributed by atoms with Crippen molar-refractivity contribution in [3.63, 3.8) is 0 Å². The summed E-state index contributed by atoms with van der Waals surface area (Å²) >= 11 is 1.31. The van der Waals surface area contributed by atoms with Gasteiger partial charge in [-0.05, 0) is 86.0 Å². The Balaban J connectivity index is 1.36. The first kappa shape index (κ1) is 27.4. The lowest BCUT2D eigenvalue weighted by atomic mass is 10.1. The maximum Gasteiger partial charge on any atom is 0.291 e. The van der Waals surface area contributed by atoms with Crippen molar-refractivity contribution in [1.29, 1.82) is 0 Å². The van der Waals surface area contributed by atoms with Crippen molar-refractivity contribution in [2.24, 2.45) is 5.92 Å². The molecule has 6 aromatic rings. The molecule has 3 aromatic carbocycles. The molecule has 0 saturated heterocycles. The van der Waals surface area contributed by atoms with E-state index in [2.05, 4.69) is 23.9 Å². The monoisotopic (exact) mass is 577 g/mol. The Hall–Kier alpha value is -4.76. The van der Waals surface area contributed by atoms with Gasteiger partial charge in [0, 0.05) is 22.9 Å². The first-order chi connectivity index (χ1) is 20.5. The molecule has 0 aliphatic rings. The summed E-state index contributed by atoms with van der Waals surface area (Å²) in [5.74, 6) is 2.69. The van der Waals surface area contributed by atoms with Crippen LogP contribution in [0.25, 0.3) is 39.4 Å². The van der Waals surface area contributed by atoms with Crippen molar-refractivity contribution in [1.82, 2.24) is 24.4 Å². The first-order valence-corrected chi connectivity index (χ1v) is 14.8. The summed E-state index contributed by atoms with van der Waals surface area (Å²) in [5.41, 5.74) is 4.05. The highest BCUT2D eigenvalue weighted by molar-refractivity contribution is 7.15. The minimum Gasteiger partial charge on any atom is -0.494 e. The van der Waals surface area contributed by atoms with Gasteiger partial charge in [0.15, 0.2) is 5.82 Å². The smallest absolute Gasteiger partial charge is 0.291 e. The van der Waals surface area contributed by atoms with Crippen LogP contribution in [0.5, 0.6) is 11.5 Å². The van der Waals surface area contributed by atoms with E-state index >= 15 is 0 Å². The lowest BCUT2D eigenvalue weighted by Gasteiger charge is -2.08. The average Bonchev–Trinajstić information content (AvgIpc) is 3.69. The normalized spacial score (nSPS) is 12.0. The van der Waals surface area contributed by atoms with Crippen molar-refractivity contribution in [2.45, 2.75) is 27.2 Å². The van der Waals surface area contributed by atoms with Crippen LogP contribution in [0.15, 0.2) is 89.9 Å². The minimum absolute atomic E-state index is 0.216. The van der Waals surface area contributed by atoms with Crippen molar-refractivity contribution in [3.8, 4) is 39.8 Å². The predicted molar refractivity (Wildman–Crippen MR) is 166 cm³/mol. The van der Waals surface area contributed by atoms with Gasteiger partial charge in [0.2, 0.25) is 4.96 Å². The fourth-order valence-electron chi connectivity index (χ4n) is 4.52. The molecule has 6 rings (SSSR count). The second kappa shape index (κ2) is 12.0. The molecular weight excluding hydrogens is 546 g/mol. The van der Waals surface area contributed by atoms with E-state index in [4.69, 9.17) is 14.6 Å². The Bertz CT molecular complexity index is 1910. The quantitative estimate of drug-likeness (QED) is 0.197. The number of para-hydroxylation sites is 1. The summed E-state index contributed by atoms with van der Waals surface area (Å²) in [6.07, 6.45) is 4.81. The number of thiazole rings is 1. The lowest BCUT2D eigenvalue weighted by Crippen LogP contribution is -2.23. The van der Waals surface area contributed by atoms with E-state index in [-0.39, 0.29) is 5.56 Å². The molecule has 0 unspecified atom stereocenters. The van der Waals surface area contributed by atoms with Gasteiger partial charge in [-0.15, -0.1) is 5.10 Å². The molecule has 42 heavy (non-hydrogen) atoms. The topological polar surface area (TPSA) is 83.5 Å². The molecular formula is C33H31N5O3S. The third kappa shape index (κ3) is 5.82. The van der Waals surface area contributed by atoms with Crippen LogP contribution < -0.4 is 19.6 Å². The van der Waals surface area contributed by atoms with E-state index < -0.39 is 0 Å². The van der Waals surface area contributed by atoms with Gasteiger partial charge in [0.05, 0.1) is 23.4 Å². The molecule has 0 N–H and O–H groups in total. The molecule has 0 atom stereocenters. The first-order valence-electron chi connectivity index (χ1n) is 14.0. The second-order valence-corrected chi connectivity index (χ2v) is 11.3. The van der Waals surface area contributed by atoms with Gasteiger partial charge >= 0.3 is 0 Å². The van der Waals surface area contributed by atoms with E-state index in [1.165, 1.54) is 15.9 Å². The molecule has 3 aromatic heterocycles. The van der Waals surface area contributed by atoms with Gasteiger partial charge in [-0.1, -0.05) is 43.4 Å². The Kier molecular flexibility index (Phi) is 7.83. The van der Waals surface area contributed by atoms with Crippen LogP contribution in [0.1, 0.15) is 32.8 Å². The van der Waals surface area contributed by atoms with E-state index in [0.717, 1.165) is 46.0 Å². The van der Waals surface area contributed by atoms with E-state index in [1.807, 2.05) is 103 Å². The Labute approximate surface area is 247 Å². The summed E-state index contributed by atoms with van der Waals surface area (Å²) < 4.78 is 15.2. The number of hydrogen-bond acceptors (Lipinski definition) is 7. The van der Waals surface area contributed by atoms with Crippen molar-refractivity contribution < 1.29 is 9.47 Å². The zero-order chi connectivity index (χ0) is 29.1. The number of benzene rings is 3. The summed E-state index contributed by atoms with van der Waals surface area (Å²) in [7, 11) is 0. The third-order valence-corrected chi connectivity index (χ3v) is 7.71. The van der Waals surface area contributed by atoms with Gasteiger partial charge in [0.1, 0.15) is 17.2 Å². The number of aromatic nitrogens is 5. The van der Waals surface area contributed by atoms with Crippen LogP contribution >= 0.6 is 11.3 Å². The number of rotatable bonds is 10. The van der Waals surface area contributed by atoms with Crippen LogP contribution in [-0.4, -0.2) is 37.6 Å². The second-order valence-electron chi connectivity index (χ2n) is 10.3. The largest absolute Gasteiger partial charge is 0.494 e. The molecule has 0 radical (unpaired) electrons. The van der Waals surface area contributed by atoms with Crippen molar-refractivity contribution >= 4 is 22.4 Å². The molecule has 0 saturated carbocycles. The maximum atomic E-state index is 13.4. The highest BCUT2D eigenvalue weighted by atomic mass is 32.1. The SMILES string of the molecule is CCOc1ccc(-c2nc3s/c(=C\c4cn(-c5ccccc5)nc4-c4ccc(OCCC(C)C)cc4)c(=O)n3n2)cc1. The number of hydrogen-bond donors (Lipinski definition) is 0. The molecule has 8 nitrogen and oxygen atoms in total. The zero-order valence-electron chi connectivity index (χ0n) is 23.7. The molecule has 0 aliphatic heterocycles. The molecule has 212 valence electrons. The molecule has 9 heteroatoms. The van der Waals surface area contributed by atoms with Gasteiger partial charge in [-0.2, -0.15) is 14.6 Å². The van der Waals surface area contributed by atoms with Crippen LogP contribution in [0.3, 0.4) is 0 Å². The maximum absolute atomic E-state index is 13.4. The van der Waals surface area contributed by atoms with Crippen molar-refractivity contribution in [3.05, 3.63) is 106 Å². The number of fused-ring (bicyclic) bond motifs is 1. The molecule has 0 spiro atoms. The van der Waals surface area contributed by atoms with E-state index in [0.29, 0.717) is 34.4 Å². The predicted octanol–water partition coefficient (Wildman–Crippen LogP) is 6.04. The van der Waals surface area contributed by atoms with Gasteiger partial charge < -0.3 is 9.47 Å². The standard InChI is InChI=1S/C33H31N5O3S/c1-4-40-27-16-12-24(13-17-27)31-34-33-38(36-31)32(39)29(42-33)20-25-21-37(26-8-6-5-7-9-26)35-30(25)23-10-14-28(15-11-23)41-19-18-22(2)3/h5-17,20-22H,4,18-19H2,1-3H3/b29-20-. The third-order valence-electron chi connectivity index (χ3n) is 6.75. The summed E-state index contributed by atoms with van der Waals surface area (Å²) in [4.78, 5) is 18.6. The molecule has 0 bridgehead atoms. The summed E-state index contributed by atoms with van der Waals surface area (Å²) in [6, 6.07) is 25.4. The van der Waals surface area contributed by atoms with Gasteiger partial charge in [-0.3, -0.25) is 4.79 Å². The minimum atomic E-state index is -0.216. The lowest BCUT2D eigenvalue weighted by molar-refractivity contribution is 0.289. The highest BCUT2D eigenvalue weighted by Crippen LogP contribution is 2.27. The molecule has 0 aliphatic carbocycles. The fraction of sp³-hybridized carbons (Fsp3) is 0.212. The number of nitrogens with zero attached hydrogens (tertiary/aromatic N) is 5. The highest BCUT2D eigenvalue weighted by Gasteiger charge is 2.15. The van der Waals surface area contributed by atoms with Crippen LogP contribution in [0.4, 0.5) is 0 Å². The summed E-state index contributed by atoms with van der Waals surface area (Å²) in [5, 5.41) is 9.41. The van der Waals surface area contributed by atoms with Crippen LogP contribution in [0.2, 0.25) is 0 Å². The zero-order valence-corrected chi connectivity index (χ0v) is 24.5. The average molecular weight is 578 g/mol. The van der Waals surface area contributed by atoms with Crippen LogP contribution in [-0.2, 0) is 0 Å². The Morgan fingerprint density at radius 3 is 2.24 bits per heavy atom. The van der Waals surface area contributed by atoms with E-state index in [9.17, 15) is 4.79 Å². The van der Waals surface area contributed by atoms with Gasteiger partial charge in [0.25, 0.3) is 5.56 Å². The summed E-state index contributed by atoms with van der Waals surface area (Å²) in [6.45, 7) is 7.59. The van der Waals surface area contributed by atoms with Gasteiger partial charge in [-0.25, -0.2) is 4.68 Å². The van der Waals surface area contributed by atoms with E-state index in [1.54, 1.807) is 0 Å².